The second-order valence-corrected chi connectivity index (χ2v) is 4.63. The molecular weight excluding hydrogens is 255 g/mol. The van der Waals surface area contributed by atoms with Crippen LogP contribution in [0.2, 0.25) is 0 Å². The van der Waals surface area contributed by atoms with Crippen molar-refractivity contribution in [3.8, 4) is 5.69 Å². The van der Waals surface area contributed by atoms with E-state index in [1.807, 2.05) is 0 Å². The molecule has 3 rings (SSSR count). The van der Waals surface area contributed by atoms with Gasteiger partial charge in [-0.2, -0.15) is 28.2 Å². The van der Waals surface area contributed by atoms with E-state index in [2.05, 4.69) is 10.2 Å². The van der Waals surface area contributed by atoms with Crippen molar-refractivity contribution in [3.05, 3.63) is 41.2 Å². The average molecular weight is 267 g/mol. The number of rotatable bonds is 1. The summed E-state index contributed by atoms with van der Waals surface area (Å²) in [6, 6.07) is 4.90. The largest absolute Gasteiger partial charge is 0.416 e. The molecule has 0 fully saturated rings. The highest BCUT2D eigenvalue weighted by molar-refractivity contribution is 5.34. The number of aromatic nitrogens is 3. The maximum Gasteiger partial charge on any atom is 0.416 e. The molecule has 0 amide bonds. The van der Waals surface area contributed by atoms with Gasteiger partial charge in [-0.05, 0) is 49.9 Å². The molecule has 1 aliphatic rings. The minimum absolute atomic E-state index is 0.558. The number of hydrogen-bond donors (Lipinski definition) is 0. The highest BCUT2D eigenvalue weighted by atomic mass is 19.4. The molecule has 0 bridgehead atoms. The average Bonchev–Trinajstić information content (AvgIpc) is 2.81. The van der Waals surface area contributed by atoms with Crippen molar-refractivity contribution in [1.82, 2.24) is 15.0 Å². The molecule has 3 nitrogen and oxygen atoms in total. The summed E-state index contributed by atoms with van der Waals surface area (Å²) in [7, 11) is 0. The molecule has 0 spiro atoms. The van der Waals surface area contributed by atoms with Crippen LogP contribution in [0, 0.1) is 0 Å². The van der Waals surface area contributed by atoms with Gasteiger partial charge in [0.1, 0.15) is 0 Å². The Morgan fingerprint density at radius 2 is 1.42 bits per heavy atom. The summed E-state index contributed by atoms with van der Waals surface area (Å²) in [5.41, 5.74) is 1.83. The molecule has 0 N–H and O–H groups in total. The van der Waals surface area contributed by atoms with Crippen LogP contribution in [-0.2, 0) is 19.0 Å². The molecule has 0 atom stereocenters. The van der Waals surface area contributed by atoms with E-state index in [0.717, 1.165) is 49.2 Å². The van der Waals surface area contributed by atoms with Gasteiger partial charge in [-0.3, -0.25) is 0 Å². The van der Waals surface area contributed by atoms with E-state index in [1.54, 1.807) is 0 Å². The number of hydrogen-bond acceptors (Lipinski definition) is 2. The van der Waals surface area contributed by atoms with Gasteiger partial charge in [0, 0.05) is 0 Å². The van der Waals surface area contributed by atoms with E-state index in [0.29, 0.717) is 5.69 Å². The lowest BCUT2D eigenvalue weighted by Gasteiger charge is -2.06. The van der Waals surface area contributed by atoms with Gasteiger partial charge in [0.05, 0.1) is 22.6 Å². The first-order chi connectivity index (χ1) is 9.04. The highest BCUT2D eigenvalue weighted by Gasteiger charge is 2.30. The quantitative estimate of drug-likeness (QED) is 0.794. The van der Waals surface area contributed by atoms with E-state index in [-0.39, 0.29) is 0 Å². The van der Waals surface area contributed by atoms with Gasteiger partial charge >= 0.3 is 6.18 Å². The molecular formula is C13H12F3N3. The van der Waals surface area contributed by atoms with Crippen LogP contribution >= 0.6 is 0 Å². The zero-order valence-electron chi connectivity index (χ0n) is 10.1. The Kier molecular flexibility index (Phi) is 2.80. The summed E-state index contributed by atoms with van der Waals surface area (Å²) in [6.45, 7) is 0. The van der Waals surface area contributed by atoms with Crippen molar-refractivity contribution in [3.63, 3.8) is 0 Å². The summed E-state index contributed by atoms with van der Waals surface area (Å²) in [5, 5.41) is 8.67. The summed E-state index contributed by atoms with van der Waals surface area (Å²) in [6.07, 6.45) is -0.321. The van der Waals surface area contributed by atoms with Crippen LogP contribution in [0.15, 0.2) is 24.3 Å². The fraction of sp³-hybridized carbons (Fsp3) is 0.385. The third-order valence-corrected chi connectivity index (χ3v) is 3.27. The van der Waals surface area contributed by atoms with Crippen LogP contribution in [0.3, 0.4) is 0 Å². The third kappa shape index (κ3) is 2.34. The number of benzene rings is 1. The lowest BCUT2D eigenvalue weighted by atomic mass is 10.0. The van der Waals surface area contributed by atoms with Gasteiger partial charge in [-0.25, -0.2) is 0 Å². The summed E-state index contributed by atoms with van der Waals surface area (Å²) < 4.78 is 37.4. The zero-order chi connectivity index (χ0) is 13.5. The molecule has 1 aromatic carbocycles. The minimum Gasteiger partial charge on any atom is -0.166 e. The molecule has 0 unspecified atom stereocenters. The Labute approximate surface area is 108 Å². The molecule has 19 heavy (non-hydrogen) atoms. The molecule has 2 aromatic rings. The highest BCUT2D eigenvalue weighted by Crippen LogP contribution is 2.29. The van der Waals surface area contributed by atoms with E-state index in [1.165, 1.54) is 16.9 Å². The Bertz CT molecular complexity index is 561. The Balaban J connectivity index is 1.92. The van der Waals surface area contributed by atoms with Gasteiger partial charge in [0.2, 0.25) is 0 Å². The summed E-state index contributed by atoms with van der Waals surface area (Å²) in [5.74, 6) is 0. The lowest BCUT2D eigenvalue weighted by Crippen LogP contribution is -2.06. The first-order valence-electron chi connectivity index (χ1n) is 6.17. The van der Waals surface area contributed by atoms with Crippen molar-refractivity contribution in [2.45, 2.75) is 31.9 Å². The number of alkyl halides is 3. The minimum atomic E-state index is -4.31. The smallest absolute Gasteiger partial charge is 0.166 e. The fourth-order valence-corrected chi connectivity index (χ4v) is 2.24. The normalized spacial score (nSPS) is 15.3. The van der Waals surface area contributed by atoms with Crippen molar-refractivity contribution in [1.29, 1.82) is 0 Å². The molecule has 1 heterocycles. The molecule has 0 saturated carbocycles. The molecule has 1 aliphatic carbocycles. The van der Waals surface area contributed by atoms with Gasteiger partial charge in [0.25, 0.3) is 0 Å². The van der Waals surface area contributed by atoms with Crippen LogP contribution < -0.4 is 0 Å². The van der Waals surface area contributed by atoms with Crippen LogP contribution in [0.25, 0.3) is 5.69 Å². The van der Waals surface area contributed by atoms with Crippen LogP contribution in [0.5, 0.6) is 0 Å². The zero-order valence-corrected chi connectivity index (χ0v) is 10.1. The molecule has 0 radical (unpaired) electrons. The lowest BCUT2D eigenvalue weighted by molar-refractivity contribution is -0.137. The fourth-order valence-electron chi connectivity index (χ4n) is 2.24. The standard InChI is InChI=1S/C13H12F3N3/c14-13(15,16)9-5-7-10(8-6-9)19-17-11-3-1-2-4-12(11)18-19/h5-8H,1-4H2. The molecule has 6 heteroatoms. The monoisotopic (exact) mass is 267 g/mol. The molecule has 0 aliphatic heterocycles. The van der Waals surface area contributed by atoms with Crippen molar-refractivity contribution >= 4 is 0 Å². The topological polar surface area (TPSA) is 30.7 Å². The Morgan fingerprint density at radius 1 is 0.895 bits per heavy atom. The Morgan fingerprint density at radius 3 is 1.89 bits per heavy atom. The number of aryl methyl sites for hydroxylation is 2. The second kappa shape index (κ2) is 4.36. The van der Waals surface area contributed by atoms with Crippen LogP contribution in [-0.4, -0.2) is 15.0 Å². The van der Waals surface area contributed by atoms with Gasteiger partial charge < -0.3 is 0 Å². The van der Waals surface area contributed by atoms with E-state index < -0.39 is 11.7 Å². The first-order valence-corrected chi connectivity index (χ1v) is 6.17. The molecule has 100 valence electrons. The van der Waals surface area contributed by atoms with Crippen molar-refractivity contribution in [2.75, 3.05) is 0 Å². The van der Waals surface area contributed by atoms with Gasteiger partial charge in [-0.15, -0.1) is 0 Å². The SMILES string of the molecule is FC(F)(F)c1ccc(-n2nc3c(n2)CCCC3)cc1. The first kappa shape index (κ1) is 12.2. The molecule has 0 saturated heterocycles. The number of fused-ring (bicyclic) bond motifs is 1. The predicted octanol–water partition coefficient (Wildman–Crippen LogP) is 3.16. The van der Waals surface area contributed by atoms with Crippen LogP contribution in [0.4, 0.5) is 13.2 Å². The third-order valence-electron chi connectivity index (χ3n) is 3.27. The van der Waals surface area contributed by atoms with Crippen molar-refractivity contribution in [2.24, 2.45) is 0 Å². The van der Waals surface area contributed by atoms with E-state index >= 15 is 0 Å². The summed E-state index contributed by atoms with van der Waals surface area (Å²) in [4.78, 5) is 1.43. The predicted molar refractivity (Wildman–Crippen MR) is 63.0 cm³/mol. The van der Waals surface area contributed by atoms with Crippen LogP contribution in [0.1, 0.15) is 29.8 Å². The number of halogens is 3. The van der Waals surface area contributed by atoms with E-state index in [4.69, 9.17) is 0 Å². The second-order valence-electron chi connectivity index (χ2n) is 4.63. The van der Waals surface area contributed by atoms with E-state index in [9.17, 15) is 13.2 Å². The van der Waals surface area contributed by atoms with Gasteiger partial charge in [0.15, 0.2) is 0 Å². The Hall–Kier alpha value is -1.85. The molecule has 1 aromatic heterocycles. The summed E-state index contributed by atoms with van der Waals surface area (Å²) >= 11 is 0. The van der Waals surface area contributed by atoms with Gasteiger partial charge in [-0.1, -0.05) is 0 Å². The maximum atomic E-state index is 12.5. The maximum absolute atomic E-state index is 12.5. The van der Waals surface area contributed by atoms with Crippen molar-refractivity contribution < 1.29 is 13.2 Å². The number of nitrogens with zero attached hydrogens (tertiary/aromatic N) is 3.